The lowest BCUT2D eigenvalue weighted by molar-refractivity contribution is -0.136. The number of rotatable bonds is 7. The molecular formula is C29H30N4O3. The van der Waals surface area contributed by atoms with Crippen LogP contribution in [0, 0.1) is 0 Å². The van der Waals surface area contributed by atoms with Gasteiger partial charge in [-0.1, -0.05) is 66.7 Å². The zero-order valence-electron chi connectivity index (χ0n) is 20.2. The van der Waals surface area contributed by atoms with Gasteiger partial charge < -0.3 is 20.9 Å². The van der Waals surface area contributed by atoms with Gasteiger partial charge in [-0.3, -0.25) is 9.59 Å². The number of anilines is 2. The van der Waals surface area contributed by atoms with Crippen LogP contribution in [0.3, 0.4) is 0 Å². The van der Waals surface area contributed by atoms with Crippen molar-refractivity contribution in [3.8, 4) is 0 Å². The minimum atomic E-state index is -0.443. The molecule has 184 valence electrons. The molecule has 3 N–H and O–H groups in total. The molecule has 1 aliphatic heterocycles. The number of hydrogen-bond donors (Lipinski definition) is 3. The third-order valence-corrected chi connectivity index (χ3v) is 6.12. The maximum Gasteiger partial charge on any atom is 0.318 e. The van der Waals surface area contributed by atoms with Crippen molar-refractivity contribution in [2.75, 3.05) is 24.2 Å². The summed E-state index contributed by atoms with van der Waals surface area (Å²) < 4.78 is 0. The molecule has 7 heteroatoms. The Hall–Kier alpha value is -4.39. The Morgan fingerprint density at radius 2 is 1.42 bits per heavy atom. The van der Waals surface area contributed by atoms with Crippen molar-refractivity contribution in [3.05, 3.63) is 95.6 Å². The molecule has 0 radical (unpaired) electrons. The van der Waals surface area contributed by atoms with Crippen LogP contribution in [0.15, 0.2) is 78.9 Å². The number of amides is 4. The number of nitrogens with zero attached hydrogens (tertiary/aromatic N) is 1. The molecule has 1 heterocycles. The first-order chi connectivity index (χ1) is 17.5. The number of carbonyl (C=O) groups is 3. The predicted molar refractivity (Wildman–Crippen MR) is 143 cm³/mol. The van der Waals surface area contributed by atoms with Crippen LogP contribution in [0.4, 0.5) is 16.2 Å². The van der Waals surface area contributed by atoms with Crippen LogP contribution in [0.25, 0.3) is 12.2 Å². The second-order valence-electron chi connectivity index (χ2n) is 8.68. The molecule has 7 nitrogen and oxygen atoms in total. The smallest absolute Gasteiger partial charge is 0.318 e. The molecular weight excluding hydrogens is 452 g/mol. The zero-order valence-corrected chi connectivity index (χ0v) is 20.2. The maximum atomic E-state index is 12.9. The summed E-state index contributed by atoms with van der Waals surface area (Å²) in [6, 6.07) is 24.0. The highest BCUT2D eigenvalue weighted by Gasteiger charge is 2.33. The standard InChI is InChI=1S/C29H30N4O3/c1-30-29(36)32-25-17-13-22(14-18-25)10-9-21-11-15-24(16-12-21)31-28(35)26-8-5-19-33(26)27(34)20-23-6-3-2-4-7-23/h2-4,6-7,9-18,26H,5,8,19-20H2,1H3,(H,31,35)(H2,30,32,36)/b10-9+/t26-/m0/s1. The number of benzene rings is 3. The van der Waals surface area contributed by atoms with E-state index in [0.29, 0.717) is 30.8 Å². The van der Waals surface area contributed by atoms with Crippen LogP contribution >= 0.6 is 0 Å². The van der Waals surface area contributed by atoms with Crippen molar-refractivity contribution in [2.45, 2.75) is 25.3 Å². The predicted octanol–water partition coefficient (Wildman–Crippen LogP) is 4.78. The number of urea groups is 1. The number of nitrogens with one attached hydrogen (secondary N) is 3. The summed E-state index contributed by atoms with van der Waals surface area (Å²) in [5.41, 5.74) is 4.35. The third-order valence-electron chi connectivity index (χ3n) is 6.12. The Morgan fingerprint density at radius 3 is 2.00 bits per heavy atom. The molecule has 1 fully saturated rings. The van der Waals surface area contributed by atoms with Crippen LogP contribution in [-0.2, 0) is 16.0 Å². The molecule has 1 atom stereocenters. The van der Waals surface area contributed by atoms with Gasteiger partial charge in [-0.15, -0.1) is 0 Å². The Labute approximate surface area is 211 Å². The maximum absolute atomic E-state index is 12.9. The van der Waals surface area contributed by atoms with E-state index in [4.69, 9.17) is 0 Å². The minimum absolute atomic E-state index is 0.0169. The molecule has 1 saturated heterocycles. The first-order valence-corrected chi connectivity index (χ1v) is 12.0. The molecule has 0 aromatic heterocycles. The van der Waals surface area contributed by atoms with Crippen molar-refractivity contribution in [1.29, 1.82) is 0 Å². The summed E-state index contributed by atoms with van der Waals surface area (Å²) in [5, 5.41) is 8.20. The molecule has 4 rings (SSSR count). The van der Waals surface area contributed by atoms with Gasteiger partial charge in [0.1, 0.15) is 6.04 Å². The van der Waals surface area contributed by atoms with Gasteiger partial charge in [0.25, 0.3) is 0 Å². The lowest BCUT2D eigenvalue weighted by atomic mass is 10.1. The van der Waals surface area contributed by atoms with Gasteiger partial charge in [0, 0.05) is 25.0 Å². The molecule has 3 aromatic rings. The lowest BCUT2D eigenvalue weighted by Crippen LogP contribution is -2.43. The fourth-order valence-corrected chi connectivity index (χ4v) is 4.18. The van der Waals surface area contributed by atoms with Gasteiger partial charge in [-0.25, -0.2) is 4.79 Å². The van der Waals surface area contributed by atoms with E-state index in [0.717, 1.165) is 23.1 Å². The van der Waals surface area contributed by atoms with E-state index in [2.05, 4.69) is 16.0 Å². The minimum Gasteiger partial charge on any atom is -0.341 e. The average molecular weight is 483 g/mol. The Morgan fingerprint density at radius 1 is 0.833 bits per heavy atom. The van der Waals surface area contributed by atoms with Crippen LogP contribution in [-0.4, -0.2) is 42.4 Å². The molecule has 4 amide bonds. The van der Waals surface area contributed by atoms with Gasteiger partial charge in [0.05, 0.1) is 6.42 Å². The Bertz CT molecular complexity index is 1220. The van der Waals surface area contributed by atoms with Crippen LogP contribution < -0.4 is 16.0 Å². The molecule has 36 heavy (non-hydrogen) atoms. The topological polar surface area (TPSA) is 90.5 Å². The van der Waals surface area contributed by atoms with E-state index in [1.165, 1.54) is 0 Å². The molecule has 0 unspecified atom stereocenters. The molecule has 3 aromatic carbocycles. The van der Waals surface area contributed by atoms with Gasteiger partial charge in [0.2, 0.25) is 11.8 Å². The molecule has 0 saturated carbocycles. The van der Waals surface area contributed by atoms with E-state index >= 15 is 0 Å². The van der Waals surface area contributed by atoms with E-state index in [1.807, 2.05) is 91.0 Å². The second kappa shape index (κ2) is 11.8. The molecule has 1 aliphatic rings. The van der Waals surface area contributed by atoms with E-state index < -0.39 is 6.04 Å². The van der Waals surface area contributed by atoms with Gasteiger partial charge in [-0.2, -0.15) is 0 Å². The monoisotopic (exact) mass is 482 g/mol. The normalized spacial score (nSPS) is 15.0. The Balaban J connectivity index is 1.32. The number of carbonyl (C=O) groups excluding carboxylic acids is 3. The SMILES string of the molecule is CNC(=O)Nc1ccc(/C=C/c2ccc(NC(=O)[C@@H]3CCCN3C(=O)Cc3ccccc3)cc2)cc1. The van der Waals surface area contributed by atoms with Gasteiger partial charge in [-0.05, 0) is 53.8 Å². The van der Waals surface area contributed by atoms with Crippen molar-refractivity contribution in [2.24, 2.45) is 0 Å². The summed E-state index contributed by atoms with van der Waals surface area (Å²) in [4.78, 5) is 38.8. The fourth-order valence-electron chi connectivity index (χ4n) is 4.18. The summed E-state index contributed by atoms with van der Waals surface area (Å²) in [6.07, 6.45) is 5.76. The third kappa shape index (κ3) is 6.60. The molecule has 0 bridgehead atoms. The summed E-state index contributed by atoms with van der Waals surface area (Å²) in [7, 11) is 1.57. The van der Waals surface area contributed by atoms with Crippen LogP contribution in [0.5, 0.6) is 0 Å². The van der Waals surface area contributed by atoms with Gasteiger partial charge >= 0.3 is 6.03 Å². The highest BCUT2D eigenvalue weighted by molar-refractivity contribution is 5.98. The fraction of sp³-hybridized carbons (Fsp3) is 0.207. The first kappa shape index (κ1) is 24.7. The van der Waals surface area contributed by atoms with Gasteiger partial charge in [0.15, 0.2) is 0 Å². The quantitative estimate of drug-likeness (QED) is 0.423. The van der Waals surface area contributed by atoms with E-state index in [1.54, 1.807) is 11.9 Å². The Kier molecular flexibility index (Phi) is 8.13. The summed E-state index contributed by atoms with van der Waals surface area (Å²) in [6.45, 7) is 0.607. The van der Waals surface area contributed by atoms with Crippen molar-refractivity contribution in [3.63, 3.8) is 0 Å². The highest BCUT2D eigenvalue weighted by Crippen LogP contribution is 2.21. The summed E-state index contributed by atoms with van der Waals surface area (Å²) in [5.74, 6) is -0.167. The van der Waals surface area contributed by atoms with Crippen LogP contribution in [0.2, 0.25) is 0 Å². The molecule has 0 aliphatic carbocycles. The van der Waals surface area contributed by atoms with E-state index in [9.17, 15) is 14.4 Å². The van der Waals surface area contributed by atoms with E-state index in [-0.39, 0.29) is 17.8 Å². The lowest BCUT2D eigenvalue weighted by Gasteiger charge is -2.24. The average Bonchev–Trinajstić information content (AvgIpc) is 3.40. The zero-order chi connectivity index (χ0) is 25.3. The largest absolute Gasteiger partial charge is 0.341 e. The summed E-state index contributed by atoms with van der Waals surface area (Å²) >= 11 is 0. The first-order valence-electron chi connectivity index (χ1n) is 12.0. The molecule has 0 spiro atoms. The van der Waals surface area contributed by atoms with Crippen molar-refractivity contribution in [1.82, 2.24) is 10.2 Å². The second-order valence-corrected chi connectivity index (χ2v) is 8.68. The number of hydrogen-bond acceptors (Lipinski definition) is 3. The van der Waals surface area contributed by atoms with Crippen molar-refractivity contribution >= 4 is 41.4 Å². The highest BCUT2D eigenvalue weighted by atomic mass is 16.2. The van der Waals surface area contributed by atoms with Crippen LogP contribution in [0.1, 0.15) is 29.5 Å². The number of likely N-dealkylation sites (tertiary alicyclic amines) is 1. The van der Waals surface area contributed by atoms with Crippen molar-refractivity contribution < 1.29 is 14.4 Å².